The number of hydrazine groups is 1. The number of sulfonamides is 1. The van der Waals surface area contributed by atoms with Crippen LogP contribution in [0.15, 0.2) is 77.7 Å². The molecule has 34 heavy (non-hydrogen) atoms. The van der Waals surface area contributed by atoms with Gasteiger partial charge in [-0.3, -0.25) is 0 Å². The first-order valence-corrected chi connectivity index (χ1v) is 12.7. The topological polar surface area (TPSA) is 105 Å². The Morgan fingerprint density at radius 3 is 2.24 bits per heavy atom. The van der Waals surface area contributed by atoms with E-state index in [1.807, 2.05) is 13.8 Å². The van der Waals surface area contributed by atoms with Crippen molar-refractivity contribution < 1.29 is 13.2 Å². The lowest BCUT2D eigenvalue weighted by Crippen LogP contribution is -2.50. The fraction of sp³-hybridized carbons (Fsp3) is 0.208. The van der Waals surface area contributed by atoms with Crippen LogP contribution >= 0.6 is 23.2 Å². The van der Waals surface area contributed by atoms with Gasteiger partial charge in [0.1, 0.15) is 0 Å². The summed E-state index contributed by atoms with van der Waals surface area (Å²) in [5, 5.41) is 4.30. The predicted octanol–water partition coefficient (Wildman–Crippen LogP) is 4.88. The highest BCUT2D eigenvalue weighted by Gasteiger charge is 2.24. The standard InChI is InChI=1S/C24H26Cl2N4O3S/c1-24(2,27)15-17-11-13-19(14-12-17)30(29-34(32,33)20-8-4-3-5-9-20)23(31)28-16-18-7-6-10-21(25)22(18)26/h3-14,29H,15-16,27H2,1-2H3,(H,28,31). The molecule has 0 spiro atoms. The molecule has 3 aromatic carbocycles. The van der Waals surface area contributed by atoms with Crippen LogP contribution in [0.4, 0.5) is 10.5 Å². The molecular formula is C24H26Cl2N4O3S. The van der Waals surface area contributed by atoms with Gasteiger partial charge in [0.25, 0.3) is 10.0 Å². The van der Waals surface area contributed by atoms with E-state index in [1.54, 1.807) is 60.7 Å². The van der Waals surface area contributed by atoms with Crippen molar-refractivity contribution in [3.05, 3.63) is 94.0 Å². The zero-order chi connectivity index (χ0) is 24.9. The quantitative estimate of drug-likeness (QED) is 0.368. The zero-order valence-corrected chi connectivity index (χ0v) is 21.1. The molecule has 0 fully saturated rings. The summed E-state index contributed by atoms with van der Waals surface area (Å²) in [7, 11) is -4.04. The molecular weight excluding hydrogens is 495 g/mol. The molecule has 0 unspecified atom stereocenters. The number of hydrogen-bond donors (Lipinski definition) is 3. The highest BCUT2D eigenvalue weighted by molar-refractivity contribution is 7.89. The second kappa shape index (κ2) is 10.8. The molecule has 10 heteroatoms. The first kappa shape index (κ1) is 26.0. The number of benzene rings is 3. The Bertz CT molecular complexity index is 1250. The summed E-state index contributed by atoms with van der Waals surface area (Å²) in [5.74, 6) is 0. The lowest BCUT2D eigenvalue weighted by Gasteiger charge is -2.24. The fourth-order valence-electron chi connectivity index (χ4n) is 3.21. The van der Waals surface area contributed by atoms with Crippen molar-refractivity contribution in [2.24, 2.45) is 5.73 Å². The van der Waals surface area contributed by atoms with Crippen LogP contribution in [0, 0.1) is 0 Å². The van der Waals surface area contributed by atoms with Gasteiger partial charge in [-0.25, -0.2) is 18.2 Å². The first-order valence-electron chi connectivity index (χ1n) is 10.4. The molecule has 0 bridgehead atoms. The Kier molecular flexibility index (Phi) is 8.22. The van der Waals surface area contributed by atoms with Crippen LogP contribution in [0.1, 0.15) is 25.0 Å². The number of hydrogen-bond acceptors (Lipinski definition) is 4. The van der Waals surface area contributed by atoms with Crippen molar-refractivity contribution in [3.63, 3.8) is 0 Å². The van der Waals surface area contributed by atoms with E-state index in [0.717, 1.165) is 10.6 Å². The Morgan fingerprint density at radius 1 is 0.971 bits per heavy atom. The van der Waals surface area contributed by atoms with Crippen molar-refractivity contribution in [1.29, 1.82) is 0 Å². The largest absolute Gasteiger partial charge is 0.337 e. The average Bonchev–Trinajstić information content (AvgIpc) is 2.78. The van der Waals surface area contributed by atoms with E-state index in [4.69, 9.17) is 28.9 Å². The number of carbonyl (C=O) groups excluding carboxylic acids is 1. The van der Waals surface area contributed by atoms with Crippen molar-refractivity contribution in [2.75, 3.05) is 5.01 Å². The Hall–Kier alpha value is -2.62. The molecule has 0 saturated carbocycles. The molecule has 0 heterocycles. The number of nitrogens with two attached hydrogens (primary N) is 1. The number of halogens is 2. The summed E-state index contributed by atoms with van der Waals surface area (Å²) in [5.41, 5.74) is 7.55. The van der Waals surface area contributed by atoms with E-state index in [1.165, 1.54) is 12.1 Å². The van der Waals surface area contributed by atoms with Crippen LogP contribution < -0.4 is 20.9 Å². The first-order chi connectivity index (χ1) is 16.0. The van der Waals surface area contributed by atoms with Gasteiger partial charge in [-0.1, -0.05) is 65.7 Å². The maximum Gasteiger partial charge on any atom is 0.337 e. The normalized spacial score (nSPS) is 11.8. The second-order valence-electron chi connectivity index (χ2n) is 8.45. The van der Waals surface area contributed by atoms with Gasteiger partial charge in [-0.05, 0) is 61.7 Å². The number of rotatable bonds is 8. The highest BCUT2D eigenvalue weighted by atomic mass is 35.5. The van der Waals surface area contributed by atoms with Gasteiger partial charge in [-0.15, -0.1) is 4.83 Å². The number of urea groups is 1. The maximum atomic E-state index is 13.1. The molecule has 0 atom stereocenters. The van der Waals surface area contributed by atoms with E-state index >= 15 is 0 Å². The summed E-state index contributed by atoms with van der Waals surface area (Å²) in [4.78, 5) is 15.5. The van der Waals surface area contributed by atoms with Crippen molar-refractivity contribution in [3.8, 4) is 0 Å². The Morgan fingerprint density at radius 2 is 1.62 bits per heavy atom. The molecule has 180 valence electrons. The van der Waals surface area contributed by atoms with Crippen LogP contribution in [-0.2, 0) is 23.0 Å². The molecule has 0 saturated heterocycles. The summed E-state index contributed by atoms with van der Waals surface area (Å²) in [6.45, 7) is 3.87. The molecule has 3 rings (SSSR count). The van der Waals surface area contributed by atoms with E-state index in [2.05, 4.69) is 10.1 Å². The van der Waals surface area contributed by atoms with E-state index in [-0.39, 0.29) is 11.4 Å². The Labute approximate surface area is 209 Å². The lowest BCUT2D eigenvalue weighted by molar-refractivity contribution is 0.245. The number of nitrogens with one attached hydrogen (secondary N) is 2. The number of carbonyl (C=O) groups is 1. The molecule has 0 aliphatic heterocycles. The molecule has 4 N–H and O–H groups in total. The van der Waals surface area contributed by atoms with E-state index in [0.29, 0.717) is 27.7 Å². The number of amides is 2. The van der Waals surface area contributed by atoms with Crippen molar-refractivity contribution in [1.82, 2.24) is 10.1 Å². The Balaban J connectivity index is 1.88. The molecule has 2 amide bonds. The van der Waals surface area contributed by atoms with Crippen LogP contribution in [0.3, 0.4) is 0 Å². The molecule has 0 radical (unpaired) electrons. The van der Waals surface area contributed by atoms with Gasteiger partial charge >= 0.3 is 6.03 Å². The summed E-state index contributed by atoms with van der Waals surface area (Å²) in [6.07, 6.45) is 0.614. The molecule has 0 aliphatic rings. The maximum absolute atomic E-state index is 13.1. The smallest absolute Gasteiger partial charge is 0.332 e. The van der Waals surface area contributed by atoms with Gasteiger partial charge < -0.3 is 11.1 Å². The number of nitrogens with zero attached hydrogens (tertiary/aromatic N) is 1. The van der Waals surface area contributed by atoms with Gasteiger partial charge in [-0.2, -0.15) is 0 Å². The van der Waals surface area contributed by atoms with Gasteiger partial charge in [0, 0.05) is 12.1 Å². The lowest BCUT2D eigenvalue weighted by atomic mass is 9.96. The third-order valence-electron chi connectivity index (χ3n) is 4.78. The van der Waals surface area contributed by atoms with Crippen molar-refractivity contribution in [2.45, 2.75) is 37.2 Å². The summed E-state index contributed by atoms with van der Waals surface area (Å²) < 4.78 is 25.9. The van der Waals surface area contributed by atoms with Crippen LogP contribution in [-0.4, -0.2) is 20.0 Å². The highest BCUT2D eigenvalue weighted by Crippen LogP contribution is 2.25. The van der Waals surface area contributed by atoms with E-state index in [9.17, 15) is 13.2 Å². The minimum atomic E-state index is -4.04. The molecule has 7 nitrogen and oxygen atoms in total. The summed E-state index contributed by atoms with van der Waals surface area (Å²) in [6, 6.07) is 19.1. The van der Waals surface area contributed by atoms with Crippen molar-refractivity contribution >= 4 is 44.9 Å². The minimum absolute atomic E-state index is 0.0205. The van der Waals surface area contributed by atoms with Crippen LogP contribution in [0.5, 0.6) is 0 Å². The fourth-order valence-corrected chi connectivity index (χ4v) is 4.64. The molecule has 0 aliphatic carbocycles. The monoisotopic (exact) mass is 520 g/mol. The van der Waals surface area contributed by atoms with E-state index < -0.39 is 21.6 Å². The SMILES string of the molecule is CC(C)(N)Cc1ccc(N(NS(=O)(=O)c2ccccc2)C(=O)NCc2cccc(Cl)c2Cl)cc1. The zero-order valence-electron chi connectivity index (χ0n) is 18.8. The van der Waals surface area contributed by atoms with Gasteiger partial charge in [0.15, 0.2) is 0 Å². The molecule has 3 aromatic rings. The molecule has 0 aromatic heterocycles. The second-order valence-corrected chi connectivity index (χ2v) is 10.9. The van der Waals surface area contributed by atoms with Crippen LogP contribution in [0.2, 0.25) is 10.0 Å². The minimum Gasteiger partial charge on any atom is -0.332 e. The number of anilines is 1. The average molecular weight is 521 g/mol. The van der Waals surface area contributed by atoms with Gasteiger partial charge in [0.2, 0.25) is 0 Å². The third-order valence-corrected chi connectivity index (χ3v) is 6.96. The van der Waals surface area contributed by atoms with Crippen LogP contribution in [0.25, 0.3) is 0 Å². The van der Waals surface area contributed by atoms with Gasteiger partial charge in [0.05, 0.1) is 20.6 Å². The third kappa shape index (κ3) is 6.94. The predicted molar refractivity (Wildman–Crippen MR) is 136 cm³/mol. The summed E-state index contributed by atoms with van der Waals surface area (Å²) >= 11 is 12.3.